The Morgan fingerprint density at radius 3 is 2.57 bits per heavy atom. The number of alkyl halides is 5. The number of nitriles is 1. The molecule has 0 unspecified atom stereocenters. The fraction of sp³-hybridized carbons (Fsp3) is 0.361. The first-order valence-electron chi connectivity index (χ1n) is 16.5. The van der Waals surface area contributed by atoms with Crippen LogP contribution in [-0.4, -0.2) is 76.3 Å². The lowest BCUT2D eigenvalue weighted by Gasteiger charge is -2.54. The number of ether oxygens (including phenoxy) is 1. The van der Waals surface area contributed by atoms with Crippen LogP contribution in [0.2, 0.25) is 5.02 Å². The molecule has 5 heterocycles. The van der Waals surface area contributed by atoms with E-state index in [0.717, 1.165) is 6.07 Å². The normalized spacial score (nSPS) is 16.0. The lowest BCUT2D eigenvalue weighted by molar-refractivity contribution is -0.137. The van der Waals surface area contributed by atoms with Gasteiger partial charge in [0, 0.05) is 53.9 Å². The van der Waals surface area contributed by atoms with Gasteiger partial charge in [0.1, 0.15) is 24.3 Å². The van der Waals surface area contributed by atoms with Crippen molar-refractivity contribution in [3.63, 3.8) is 0 Å². The first kappa shape index (κ1) is 36.5. The topological polar surface area (TPSA) is 125 Å². The fourth-order valence-electron chi connectivity index (χ4n) is 7.53. The second-order valence-electron chi connectivity index (χ2n) is 13.3. The van der Waals surface area contributed by atoms with Crippen LogP contribution in [0.25, 0.3) is 32.2 Å². The van der Waals surface area contributed by atoms with Gasteiger partial charge >= 0.3 is 12.1 Å². The minimum absolute atomic E-state index is 0.0544. The number of carboxylic acid groups (broad SMARTS) is 1. The van der Waals surface area contributed by atoms with Crippen molar-refractivity contribution in [2.45, 2.75) is 38.9 Å². The summed E-state index contributed by atoms with van der Waals surface area (Å²) in [6.07, 6.45) is -4.95. The molecule has 1 N–H and O–H groups in total. The zero-order valence-corrected chi connectivity index (χ0v) is 29.6. The number of rotatable bonds is 9. The Hall–Kier alpha value is -4.85. The Kier molecular flexibility index (Phi) is 9.54. The Bertz CT molecular complexity index is 2360. The predicted octanol–water partition coefficient (Wildman–Crippen LogP) is 7.47. The van der Waals surface area contributed by atoms with E-state index < -0.39 is 35.3 Å². The number of anilines is 1. The quantitative estimate of drug-likeness (QED) is 0.152. The van der Waals surface area contributed by atoms with Gasteiger partial charge in [-0.05, 0) is 55.5 Å². The monoisotopic (exact) mass is 772 g/mol. The van der Waals surface area contributed by atoms with Gasteiger partial charge in [-0.25, -0.2) is 18.6 Å². The number of carbonyl (C=O) groups is 1. The van der Waals surface area contributed by atoms with Crippen LogP contribution in [-0.2, 0) is 12.7 Å². The molecule has 17 heteroatoms. The molecule has 7 rings (SSSR count). The number of thiophene rings is 1. The summed E-state index contributed by atoms with van der Waals surface area (Å²) in [6, 6.07) is 9.30. The van der Waals surface area contributed by atoms with Crippen molar-refractivity contribution in [2.75, 3.05) is 44.2 Å². The third-order valence-corrected chi connectivity index (χ3v) is 11.2. The Balaban J connectivity index is 1.19. The molecule has 53 heavy (non-hydrogen) atoms. The number of aryl methyl sites for hydroxylation is 1. The first-order valence-corrected chi connectivity index (χ1v) is 17.8. The van der Waals surface area contributed by atoms with Crippen molar-refractivity contribution in [2.24, 2.45) is 5.41 Å². The minimum Gasteiger partial charge on any atom is -0.491 e. The second-order valence-corrected chi connectivity index (χ2v) is 14.6. The number of hydrogen-bond acceptors (Lipinski definition) is 9. The summed E-state index contributed by atoms with van der Waals surface area (Å²) in [6.45, 7) is 2.13. The van der Waals surface area contributed by atoms with Crippen LogP contribution >= 0.6 is 22.9 Å². The van der Waals surface area contributed by atoms with Crippen molar-refractivity contribution < 1.29 is 36.6 Å². The fourth-order valence-corrected chi connectivity index (χ4v) is 8.73. The molecule has 0 radical (unpaired) electrons. The molecule has 2 fully saturated rings. The number of aromatic nitrogens is 3. The van der Waals surface area contributed by atoms with Crippen molar-refractivity contribution >= 4 is 55.7 Å². The number of fused-ring (bicyclic) bond motifs is 2. The highest BCUT2D eigenvalue weighted by molar-refractivity contribution is 7.18. The lowest BCUT2D eigenvalue weighted by Crippen LogP contribution is -2.61. The van der Waals surface area contributed by atoms with Crippen LogP contribution in [0, 0.1) is 23.7 Å². The van der Waals surface area contributed by atoms with Gasteiger partial charge in [0.2, 0.25) is 0 Å². The minimum atomic E-state index is -4.86. The van der Waals surface area contributed by atoms with Crippen LogP contribution < -0.4 is 15.2 Å². The van der Waals surface area contributed by atoms with Crippen LogP contribution in [0.4, 0.5) is 27.6 Å². The smallest absolute Gasteiger partial charge is 0.418 e. The molecule has 0 amide bonds. The van der Waals surface area contributed by atoms with Gasteiger partial charge < -0.3 is 14.7 Å². The summed E-state index contributed by atoms with van der Waals surface area (Å²) in [5.74, 6) is -0.636. The molecule has 0 atom stereocenters. The third kappa shape index (κ3) is 6.77. The molecular weight excluding hydrogens is 743 g/mol. The molecule has 3 aromatic heterocycles. The van der Waals surface area contributed by atoms with Crippen molar-refractivity contribution in [1.29, 1.82) is 5.26 Å². The van der Waals surface area contributed by atoms with Crippen LogP contribution in [0.3, 0.4) is 0 Å². The second kappa shape index (κ2) is 13.9. The van der Waals surface area contributed by atoms with Crippen LogP contribution in [0.1, 0.15) is 40.2 Å². The summed E-state index contributed by atoms with van der Waals surface area (Å²) >= 11 is 7.55. The van der Waals surface area contributed by atoms with Gasteiger partial charge in [-0.1, -0.05) is 11.6 Å². The molecule has 5 aromatic rings. The molecule has 0 bridgehead atoms. The maximum atomic E-state index is 14.6. The van der Waals surface area contributed by atoms with Gasteiger partial charge in [0.25, 0.3) is 12.0 Å². The summed E-state index contributed by atoms with van der Waals surface area (Å²) < 4.78 is 77.4. The number of halogens is 6. The lowest BCUT2D eigenvalue weighted by atomic mass is 9.72. The molecule has 2 aliphatic heterocycles. The average Bonchev–Trinajstić information content (AvgIpc) is 3.53. The first-order chi connectivity index (χ1) is 25.2. The number of aromatic carboxylic acids is 1. The number of nitrogens with zero attached hydrogens (tertiary/aromatic N) is 6. The van der Waals surface area contributed by atoms with Gasteiger partial charge in [-0.3, -0.25) is 19.2 Å². The summed E-state index contributed by atoms with van der Waals surface area (Å²) in [7, 11) is 0. The average molecular weight is 773 g/mol. The molecule has 2 aliphatic rings. The van der Waals surface area contributed by atoms with E-state index in [1.165, 1.54) is 39.3 Å². The molecule has 276 valence electrons. The van der Waals surface area contributed by atoms with Crippen LogP contribution in [0.5, 0.6) is 5.75 Å². The summed E-state index contributed by atoms with van der Waals surface area (Å²) in [5, 5.41) is 21.6. The molecule has 2 aromatic carbocycles. The molecule has 1 spiro atoms. The number of pyridine rings is 1. The van der Waals surface area contributed by atoms with E-state index >= 15 is 0 Å². The van der Waals surface area contributed by atoms with Gasteiger partial charge in [-0.15, -0.1) is 11.3 Å². The highest BCUT2D eigenvalue weighted by Gasteiger charge is 2.47. The number of benzene rings is 2. The van der Waals surface area contributed by atoms with E-state index in [9.17, 15) is 41.9 Å². The highest BCUT2D eigenvalue weighted by atomic mass is 35.5. The van der Waals surface area contributed by atoms with E-state index in [0.29, 0.717) is 58.0 Å². The Morgan fingerprint density at radius 1 is 1.17 bits per heavy atom. The molecule has 10 nitrogen and oxygen atoms in total. The standard InChI is InChI=1S/C36H30ClF5N6O4S/c1-19-45-26-13-25(36(40,41)42)31(47-8-5-35(6-9-47)17-46(18-35)15-28(38)39)23(14-43)29(26)33(49)48(19)10-11-52-27-3-2-20(37)12-22(27)21-4-7-44-30-24(34(50)51)16-53-32(21)30/h2-4,7,12-13,16,28H,5-6,8-11,15,17-18H2,1H3,(H,50,51). The van der Waals surface area contributed by atoms with E-state index in [4.69, 9.17) is 16.3 Å². The number of piperidine rings is 1. The van der Waals surface area contributed by atoms with E-state index in [1.54, 1.807) is 29.2 Å². The number of carboxylic acids is 1. The Labute approximate surface area is 307 Å². The third-order valence-electron chi connectivity index (χ3n) is 9.97. The Morgan fingerprint density at radius 2 is 1.91 bits per heavy atom. The molecule has 2 saturated heterocycles. The van der Waals surface area contributed by atoms with Crippen molar-refractivity contribution in [1.82, 2.24) is 19.4 Å². The summed E-state index contributed by atoms with van der Waals surface area (Å²) in [4.78, 5) is 37.5. The van der Waals surface area contributed by atoms with Gasteiger partial charge in [-0.2, -0.15) is 18.4 Å². The van der Waals surface area contributed by atoms with E-state index in [2.05, 4.69) is 9.97 Å². The van der Waals surface area contributed by atoms with Crippen molar-refractivity contribution in [3.8, 4) is 22.9 Å². The van der Waals surface area contributed by atoms with E-state index in [1.807, 2.05) is 6.07 Å². The highest BCUT2D eigenvalue weighted by Crippen LogP contribution is 2.46. The predicted molar refractivity (Wildman–Crippen MR) is 189 cm³/mol. The molecular formula is C36H30ClF5N6O4S. The van der Waals surface area contributed by atoms with Crippen molar-refractivity contribution in [3.05, 3.63) is 79.8 Å². The van der Waals surface area contributed by atoms with Crippen LogP contribution in [0.15, 0.2) is 46.7 Å². The largest absolute Gasteiger partial charge is 0.491 e. The SMILES string of the molecule is Cc1nc2cc(C(F)(F)F)c(N3CCC4(CC3)CN(CC(F)F)C4)c(C#N)c2c(=O)n1CCOc1ccc(Cl)cc1-c1ccnc2c(C(=O)O)csc12. The van der Waals surface area contributed by atoms with Gasteiger partial charge in [0.05, 0.1) is 56.6 Å². The zero-order chi connectivity index (χ0) is 37.8. The maximum absolute atomic E-state index is 14.6. The van der Waals surface area contributed by atoms with Gasteiger partial charge in [0.15, 0.2) is 0 Å². The van der Waals surface area contributed by atoms with E-state index in [-0.39, 0.29) is 66.2 Å². The number of hydrogen-bond donors (Lipinski definition) is 1. The zero-order valence-electron chi connectivity index (χ0n) is 28.0. The molecule has 0 aliphatic carbocycles. The molecule has 0 saturated carbocycles. The number of likely N-dealkylation sites (tertiary alicyclic amines) is 1. The summed E-state index contributed by atoms with van der Waals surface area (Å²) in [5.41, 5.74) is -1.59. The maximum Gasteiger partial charge on any atom is 0.418 e.